The van der Waals surface area contributed by atoms with E-state index in [1.165, 1.54) is 11.8 Å². The van der Waals surface area contributed by atoms with Gasteiger partial charge in [-0.1, -0.05) is 28.4 Å². The highest BCUT2D eigenvalue weighted by atomic mass is 35.5. The number of hydrogen-bond acceptors (Lipinski definition) is 5. The molecule has 9 heteroatoms. The largest absolute Gasteiger partial charge is 0.360 e. The summed E-state index contributed by atoms with van der Waals surface area (Å²) >= 11 is 12.9. The molecule has 1 aromatic carbocycles. The Morgan fingerprint density at radius 1 is 1.25 bits per heavy atom. The van der Waals surface area contributed by atoms with Crippen LogP contribution in [0.4, 0.5) is 11.5 Å². The maximum atomic E-state index is 12.0. The molecule has 128 valence electrons. The van der Waals surface area contributed by atoms with Crippen molar-refractivity contribution >= 4 is 58.3 Å². The van der Waals surface area contributed by atoms with Crippen LogP contribution in [0.2, 0.25) is 10.0 Å². The predicted octanol–water partition coefficient (Wildman–Crippen LogP) is 3.99. The minimum Gasteiger partial charge on any atom is -0.360 e. The predicted molar refractivity (Wildman–Crippen MR) is 96.9 cm³/mol. The maximum absolute atomic E-state index is 12.0. The fraction of sp³-hybridized carbons (Fsp3) is 0.267. The maximum Gasteiger partial charge on any atom is 0.238 e. The summed E-state index contributed by atoms with van der Waals surface area (Å²) in [5.41, 5.74) is 0.546. The molecule has 0 aliphatic heterocycles. The topological polar surface area (TPSA) is 84.2 Å². The first kappa shape index (κ1) is 18.6. The summed E-state index contributed by atoms with van der Waals surface area (Å²) in [5.74, 6) is 0.579. The number of nitrogens with zero attached hydrogens (tertiary/aromatic N) is 1. The van der Waals surface area contributed by atoms with Gasteiger partial charge in [0, 0.05) is 11.8 Å². The van der Waals surface area contributed by atoms with Crippen LogP contribution in [0.25, 0.3) is 0 Å². The van der Waals surface area contributed by atoms with Gasteiger partial charge in [-0.2, -0.15) is 0 Å². The van der Waals surface area contributed by atoms with Gasteiger partial charge in [0.2, 0.25) is 11.8 Å². The van der Waals surface area contributed by atoms with Gasteiger partial charge in [-0.05, 0) is 32.0 Å². The summed E-state index contributed by atoms with van der Waals surface area (Å²) in [6.45, 7) is 3.44. The van der Waals surface area contributed by atoms with Gasteiger partial charge in [0.1, 0.15) is 5.76 Å². The van der Waals surface area contributed by atoms with Crippen LogP contribution in [-0.2, 0) is 9.59 Å². The molecule has 0 fully saturated rings. The SMILES string of the molecule is Cc1cc(NC(=O)[C@@H](C)SCC(=O)Nc2ccc(Cl)c(Cl)c2)no1. The minimum absolute atomic E-state index is 0.118. The highest BCUT2D eigenvalue weighted by Gasteiger charge is 2.17. The zero-order chi connectivity index (χ0) is 17.7. The van der Waals surface area contributed by atoms with Gasteiger partial charge in [0.05, 0.1) is 21.0 Å². The van der Waals surface area contributed by atoms with E-state index < -0.39 is 5.25 Å². The number of amides is 2. The highest BCUT2D eigenvalue weighted by molar-refractivity contribution is 8.01. The lowest BCUT2D eigenvalue weighted by Crippen LogP contribution is -2.25. The van der Waals surface area contributed by atoms with Crippen LogP contribution >= 0.6 is 35.0 Å². The first-order valence-corrected chi connectivity index (χ1v) is 8.76. The number of aryl methyl sites for hydroxylation is 1. The van der Waals surface area contributed by atoms with Crippen molar-refractivity contribution < 1.29 is 14.1 Å². The van der Waals surface area contributed by atoms with Crippen LogP contribution in [-0.4, -0.2) is 28.0 Å². The number of halogens is 2. The van der Waals surface area contributed by atoms with Crippen LogP contribution in [0.1, 0.15) is 12.7 Å². The average molecular weight is 388 g/mol. The third-order valence-corrected chi connectivity index (χ3v) is 4.80. The molecule has 0 saturated carbocycles. The second-order valence-corrected chi connectivity index (χ2v) is 7.09. The summed E-state index contributed by atoms with van der Waals surface area (Å²) in [6.07, 6.45) is 0. The fourth-order valence-electron chi connectivity index (χ4n) is 1.70. The van der Waals surface area contributed by atoms with Crippen LogP contribution in [0.15, 0.2) is 28.8 Å². The van der Waals surface area contributed by atoms with Gasteiger partial charge >= 0.3 is 0 Å². The standard InChI is InChI=1S/C15H15Cl2N3O3S/c1-8-5-13(20-23-8)19-15(22)9(2)24-7-14(21)18-10-3-4-11(16)12(17)6-10/h3-6,9H,7H2,1-2H3,(H,18,21)(H,19,20,22)/t9-/m1/s1. The Morgan fingerprint density at radius 3 is 2.62 bits per heavy atom. The molecule has 0 aliphatic carbocycles. The molecule has 0 saturated heterocycles. The Morgan fingerprint density at radius 2 is 2.00 bits per heavy atom. The molecule has 2 amide bonds. The number of carbonyl (C=O) groups is 2. The number of benzene rings is 1. The van der Waals surface area contributed by atoms with Crippen molar-refractivity contribution in [2.75, 3.05) is 16.4 Å². The van der Waals surface area contributed by atoms with E-state index >= 15 is 0 Å². The number of anilines is 2. The van der Waals surface area contributed by atoms with Gasteiger partial charge in [0.25, 0.3) is 0 Å². The molecule has 0 unspecified atom stereocenters. The van der Waals surface area contributed by atoms with E-state index in [1.807, 2.05) is 0 Å². The molecule has 24 heavy (non-hydrogen) atoms. The van der Waals surface area contributed by atoms with Crippen LogP contribution in [0.3, 0.4) is 0 Å². The van der Waals surface area contributed by atoms with E-state index in [0.717, 1.165) is 0 Å². The molecule has 2 aromatic rings. The zero-order valence-electron chi connectivity index (χ0n) is 12.9. The minimum atomic E-state index is -0.429. The highest BCUT2D eigenvalue weighted by Crippen LogP contribution is 2.25. The summed E-state index contributed by atoms with van der Waals surface area (Å²) in [4.78, 5) is 23.9. The Labute approximate surface area is 153 Å². The molecular weight excluding hydrogens is 373 g/mol. The second-order valence-electron chi connectivity index (χ2n) is 4.94. The van der Waals surface area contributed by atoms with E-state index in [9.17, 15) is 9.59 Å². The number of thioether (sulfide) groups is 1. The number of aromatic nitrogens is 1. The van der Waals surface area contributed by atoms with Crippen molar-refractivity contribution in [3.63, 3.8) is 0 Å². The Kier molecular flexibility index (Phi) is 6.53. The summed E-state index contributed by atoms with van der Waals surface area (Å²) in [6, 6.07) is 6.43. The molecule has 2 N–H and O–H groups in total. The lowest BCUT2D eigenvalue weighted by molar-refractivity contribution is -0.115. The molecule has 1 heterocycles. The normalized spacial score (nSPS) is 11.8. The third kappa shape index (κ3) is 5.43. The second kappa shape index (κ2) is 8.41. The van der Waals surface area contributed by atoms with Crippen molar-refractivity contribution in [2.45, 2.75) is 19.1 Å². The first-order valence-electron chi connectivity index (χ1n) is 6.96. The van der Waals surface area contributed by atoms with E-state index in [4.69, 9.17) is 27.7 Å². The van der Waals surface area contributed by atoms with Gasteiger partial charge in [0.15, 0.2) is 5.82 Å². The molecule has 6 nitrogen and oxygen atoms in total. The summed E-state index contributed by atoms with van der Waals surface area (Å²) in [7, 11) is 0. The molecule has 1 atom stereocenters. The van der Waals surface area contributed by atoms with Crippen LogP contribution < -0.4 is 10.6 Å². The molecule has 2 rings (SSSR count). The number of rotatable bonds is 6. The molecular formula is C15H15Cl2N3O3S. The van der Waals surface area contributed by atoms with Crippen molar-refractivity contribution in [3.05, 3.63) is 40.1 Å². The zero-order valence-corrected chi connectivity index (χ0v) is 15.3. The van der Waals surface area contributed by atoms with Gasteiger partial charge in [-0.3, -0.25) is 9.59 Å². The lowest BCUT2D eigenvalue weighted by atomic mass is 10.3. The van der Waals surface area contributed by atoms with Crippen LogP contribution in [0.5, 0.6) is 0 Å². The number of hydrogen-bond donors (Lipinski definition) is 2. The van der Waals surface area contributed by atoms with E-state index in [2.05, 4.69) is 15.8 Å². The Bertz CT molecular complexity index is 751. The van der Waals surface area contributed by atoms with Gasteiger partial charge in [-0.25, -0.2) is 0 Å². The Hall–Kier alpha value is -1.70. The Balaban J connectivity index is 1.79. The van der Waals surface area contributed by atoms with Crippen molar-refractivity contribution in [1.29, 1.82) is 0 Å². The van der Waals surface area contributed by atoms with Gasteiger partial charge < -0.3 is 15.2 Å². The average Bonchev–Trinajstić information content (AvgIpc) is 2.93. The van der Waals surface area contributed by atoms with Crippen molar-refractivity contribution in [1.82, 2.24) is 5.16 Å². The van der Waals surface area contributed by atoms with E-state index in [0.29, 0.717) is 27.3 Å². The first-order chi connectivity index (χ1) is 11.3. The quantitative estimate of drug-likeness (QED) is 0.782. The van der Waals surface area contributed by atoms with Crippen molar-refractivity contribution in [3.8, 4) is 0 Å². The molecule has 1 aromatic heterocycles. The third-order valence-electron chi connectivity index (χ3n) is 2.92. The van der Waals surface area contributed by atoms with Crippen LogP contribution in [0, 0.1) is 6.92 Å². The molecule has 0 radical (unpaired) electrons. The monoisotopic (exact) mass is 387 g/mol. The van der Waals surface area contributed by atoms with Crippen molar-refractivity contribution in [2.24, 2.45) is 0 Å². The summed E-state index contributed by atoms with van der Waals surface area (Å²) in [5, 5.41) is 9.35. The van der Waals surface area contributed by atoms with Gasteiger partial charge in [-0.15, -0.1) is 11.8 Å². The lowest BCUT2D eigenvalue weighted by Gasteiger charge is -2.11. The number of carbonyl (C=O) groups excluding carboxylic acids is 2. The molecule has 0 aliphatic rings. The summed E-state index contributed by atoms with van der Waals surface area (Å²) < 4.78 is 4.87. The number of nitrogens with one attached hydrogen (secondary N) is 2. The molecule has 0 bridgehead atoms. The molecule has 0 spiro atoms. The fourth-order valence-corrected chi connectivity index (χ4v) is 2.68. The van der Waals surface area contributed by atoms with E-state index in [1.54, 1.807) is 38.1 Å². The smallest absolute Gasteiger partial charge is 0.238 e. The van der Waals surface area contributed by atoms with E-state index in [-0.39, 0.29) is 17.6 Å².